The van der Waals surface area contributed by atoms with E-state index in [1.165, 1.54) is 6.26 Å². The van der Waals surface area contributed by atoms with Gasteiger partial charge in [-0.3, -0.25) is 4.79 Å². The number of anilines is 1. The monoisotopic (exact) mass is 367 g/mol. The number of hydrogen-bond acceptors (Lipinski definition) is 3. The van der Waals surface area contributed by atoms with Crippen molar-refractivity contribution in [3.8, 4) is 0 Å². The van der Waals surface area contributed by atoms with Gasteiger partial charge in [0.25, 0.3) is 5.91 Å². The zero-order valence-corrected chi connectivity index (χ0v) is 14.2. The molecule has 1 aliphatic rings. The summed E-state index contributed by atoms with van der Waals surface area (Å²) in [5.41, 5.74) is 0.534. The number of furan rings is 1. The van der Waals surface area contributed by atoms with Gasteiger partial charge in [-0.15, -0.1) is 0 Å². The molecule has 8 heteroatoms. The fourth-order valence-electron chi connectivity index (χ4n) is 2.50. The van der Waals surface area contributed by atoms with Crippen LogP contribution >= 0.6 is 23.2 Å². The van der Waals surface area contributed by atoms with Crippen molar-refractivity contribution >= 4 is 40.8 Å². The third-order valence-corrected chi connectivity index (χ3v) is 4.14. The molecule has 126 valence electrons. The van der Waals surface area contributed by atoms with Crippen LogP contribution in [0.25, 0.3) is 0 Å². The summed E-state index contributed by atoms with van der Waals surface area (Å²) >= 11 is 11.8. The number of amides is 3. The molecule has 0 atom stereocenters. The first-order valence-corrected chi connectivity index (χ1v) is 8.13. The van der Waals surface area contributed by atoms with Gasteiger partial charge < -0.3 is 19.5 Å². The van der Waals surface area contributed by atoms with Crippen molar-refractivity contribution in [1.29, 1.82) is 0 Å². The number of nitrogens with one attached hydrogen (secondary N) is 1. The smallest absolute Gasteiger partial charge is 0.321 e. The second kappa shape index (κ2) is 7.15. The third kappa shape index (κ3) is 3.83. The van der Waals surface area contributed by atoms with Crippen LogP contribution in [0.3, 0.4) is 0 Å². The molecular formula is C16H15Cl2N3O3. The highest BCUT2D eigenvalue weighted by molar-refractivity contribution is 6.35. The standard InChI is InChI=1S/C16H15Cl2N3O3/c17-11-8-12(18)10-13(9-11)19-16(23)21-5-3-20(4-6-21)15(22)14-2-1-7-24-14/h1-2,7-10H,3-6H2,(H,19,23). The average molecular weight is 368 g/mol. The Hall–Kier alpha value is -2.18. The number of urea groups is 1. The first-order valence-electron chi connectivity index (χ1n) is 7.38. The van der Waals surface area contributed by atoms with Crippen LogP contribution in [0.4, 0.5) is 10.5 Å². The lowest BCUT2D eigenvalue weighted by Crippen LogP contribution is -2.51. The minimum absolute atomic E-state index is 0.165. The summed E-state index contributed by atoms with van der Waals surface area (Å²) in [6, 6.07) is 7.90. The predicted molar refractivity (Wildman–Crippen MR) is 91.7 cm³/mol. The molecular weight excluding hydrogens is 353 g/mol. The number of carbonyl (C=O) groups is 2. The molecule has 24 heavy (non-hydrogen) atoms. The fraction of sp³-hybridized carbons (Fsp3) is 0.250. The van der Waals surface area contributed by atoms with Gasteiger partial charge in [0.15, 0.2) is 5.76 Å². The highest BCUT2D eigenvalue weighted by Crippen LogP contribution is 2.22. The van der Waals surface area contributed by atoms with Crippen molar-refractivity contribution in [2.24, 2.45) is 0 Å². The molecule has 3 amide bonds. The van der Waals surface area contributed by atoms with E-state index in [9.17, 15) is 9.59 Å². The molecule has 0 spiro atoms. The normalized spacial score (nSPS) is 14.6. The van der Waals surface area contributed by atoms with E-state index in [1.54, 1.807) is 40.1 Å². The molecule has 1 N–H and O–H groups in total. The molecule has 0 aliphatic carbocycles. The van der Waals surface area contributed by atoms with Gasteiger partial charge in [0.2, 0.25) is 0 Å². The van der Waals surface area contributed by atoms with Gasteiger partial charge in [-0.1, -0.05) is 23.2 Å². The van der Waals surface area contributed by atoms with Crippen molar-refractivity contribution in [1.82, 2.24) is 9.80 Å². The lowest BCUT2D eigenvalue weighted by molar-refractivity contribution is 0.0640. The number of carbonyl (C=O) groups excluding carboxylic acids is 2. The quantitative estimate of drug-likeness (QED) is 0.881. The van der Waals surface area contributed by atoms with E-state index in [4.69, 9.17) is 27.6 Å². The summed E-state index contributed by atoms with van der Waals surface area (Å²) in [5.74, 6) is 0.142. The molecule has 1 saturated heterocycles. The Morgan fingerprint density at radius 1 is 1.00 bits per heavy atom. The molecule has 1 aliphatic heterocycles. The molecule has 0 saturated carbocycles. The number of piperazine rings is 1. The molecule has 1 fully saturated rings. The van der Waals surface area contributed by atoms with Crippen molar-refractivity contribution in [2.75, 3.05) is 31.5 Å². The van der Waals surface area contributed by atoms with Gasteiger partial charge in [0, 0.05) is 41.9 Å². The van der Waals surface area contributed by atoms with Crippen LogP contribution < -0.4 is 5.32 Å². The van der Waals surface area contributed by atoms with E-state index in [0.29, 0.717) is 47.7 Å². The molecule has 1 aromatic carbocycles. The maximum Gasteiger partial charge on any atom is 0.321 e. The molecule has 0 bridgehead atoms. The average Bonchev–Trinajstić information content (AvgIpc) is 3.07. The molecule has 0 radical (unpaired) electrons. The van der Waals surface area contributed by atoms with Crippen LogP contribution in [0.15, 0.2) is 41.0 Å². The SMILES string of the molecule is O=C(Nc1cc(Cl)cc(Cl)c1)N1CCN(C(=O)c2ccco2)CC1. The lowest BCUT2D eigenvalue weighted by atomic mass is 10.3. The molecule has 1 aromatic heterocycles. The summed E-state index contributed by atoms with van der Waals surface area (Å²) < 4.78 is 5.12. The Morgan fingerprint density at radius 3 is 2.21 bits per heavy atom. The Balaban J connectivity index is 1.56. The van der Waals surface area contributed by atoms with Crippen LogP contribution in [0.5, 0.6) is 0 Å². The third-order valence-electron chi connectivity index (χ3n) is 3.70. The minimum Gasteiger partial charge on any atom is -0.459 e. The summed E-state index contributed by atoms with van der Waals surface area (Å²) in [6.45, 7) is 1.77. The number of rotatable bonds is 2. The predicted octanol–water partition coefficient (Wildman–Crippen LogP) is 3.58. The molecule has 6 nitrogen and oxygen atoms in total. The van der Waals surface area contributed by atoms with Gasteiger partial charge >= 0.3 is 6.03 Å². The zero-order chi connectivity index (χ0) is 17.1. The summed E-state index contributed by atoms with van der Waals surface area (Å²) in [4.78, 5) is 27.8. The highest BCUT2D eigenvalue weighted by atomic mass is 35.5. The van der Waals surface area contributed by atoms with E-state index in [-0.39, 0.29) is 11.9 Å². The Kier molecular flexibility index (Phi) is 4.97. The van der Waals surface area contributed by atoms with E-state index in [0.717, 1.165) is 0 Å². The van der Waals surface area contributed by atoms with Crippen molar-refractivity contribution in [3.63, 3.8) is 0 Å². The molecule has 0 unspecified atom stereocenters. The maximum absolute atomic E-state index is 12.3. The van der Waals surface area contributed by atoms with Gasteiger partial charge in [0.1, 0.15) is 0 Å². The Morgan fingerprint density at radius 2 is 1.62 bits per heavy atom. The van der Waals surface area contributed by atoms with Crippen molar-refractivity contribution < 1.29 is 14.0 Å². The van der Waals surface area contributed by atoms with E-state index in [1.807, 2.05) is 0 Å². The van der Waals surface area contributed by atoms with Crippen LogP contribution in [-0.4, -0.2) is 47.9 Å². The van der Waals surface area contributed by atoms with Gasteiger partial charge in [-0.05, 0) is 30.3 Å². The lowest BCUT2D eigenvalue weighted by Gasteiger charge is -2.34. The highest BCUT2D eigenvalue weighted by Gasteiger charge is 2.26. The first-order chi connectivity index (χ1) is 11.5. The van der Waals surface area contributed by atoms with E-state index in [2.05, 4.69) is 5.32 Å². The summed E-state index contributed by atoms with van der Waals surface area (Å²) in [6.07, 6.45) is 1.47. The maximum atomic E-state index is 12.3. The summed E-state index contributed by atoms with van der Waals surface area (Å²) in [5, 5.41) is 3.66. The van der Waals surface area contributed by atoms with Crippen molar-refractivity contribution in [3.05, 3.63) is 52.4 Å². The van der Waals surface area contributed by atoms with Crippen LogP contribution in [0.2, 0.25) is 10.0 Å². The topological polar surface area (TPSA) is 65.8 Å². The molecule has 2 heterocycles. The van der Waals surface area contributed by atoms with Crippen LogP contribution in [0, 0.1) is 0 Å². The van der Waals surface area contributed by atoms with Crippen LogP contribution in [-0.2, 0) is 0 Å². The zero-order valence-electron chi connectivity index (χ0n) is 12.7. The van der Waals surface area contributed by atoms with E-state index >= 15 is 0 Å². The molecule has 3 rings (SSSR count). The number of halogens is 2. The number of nitrogens with zero attached hydrogens (tertiary/aromatic N) is 2. The van der Waals surface area contributed by atoms with Crippen molar-refractivity contribution in [2.45, 2.75) is 0 Å². The molecule has 2 aromatic rings. The van der Waals surface area contributed by atoms with Gasteiger partial charge in [-0.25, -0.2) is 4.79 Å². The minimum atomic E-state index is -0.251. The largest absolute Gasteiger partial charge is 0.459 e. The number of hydrogen-bond donors (Lipinski definition) is 1. The second-order valence-corrected chi connectivity index (χ2v) is 6.22. The first kappa shape index (κ1) is 16.7. The fourth-order valence-corrected chi connectivity index (χ4v) is 3.02. The van der Waals surface area contributed by atoms with Crippen LogP contribution in [0.1, 0.15) is 10.6 Å². The van der Waals surface area contributed by atoms with Gasteiger partial charge in [0.05, 0.1) is 6.26 Å². The van der Waals surface area contributed by atoms with E-state index < -0.39 is 0 Å². The summed E-state index contributed by atoms with van der Waals surface area (Å²) in [7, 11) is 0. The number of benzene rings is 1. The second-order valence-electron chi connectivity index (χ2n) is 5.34. The van der Waals surface area contributed by atoms with Gasteiger partial charge in [-0.2, -0.15) is 0 Å². The Labute approximate surface area is 148 Å². The Bertz CT molecular complexity index is 721.